The second kappa shape index (κ2) is 7.99. The van der Waals surface area contributed by atoms with Gasteiger partial charge in [0, 0.05) is 26.2 Å². The Morgan fingerprint density at radius 2 is 1.70 bits per heavy atom. The first-order valence-corrected chi connectivity index (χ1v) is 9.52. The van der Waals surface area contributed by atoms with Crippen LogP contribution in [-0.4, -0.2) is 70.3 Å². The van der Waals surface area contributed by atoms with Gasteiger partial charge in [-0.3, -0.25) is 0 Å². The number of ether oxygens (including phenoxy) is 2. The highest BCUT2D eigenvalue weighted by molar-refractivity contribution is 7.89. The average molecular weight is 342 g/mol. The molecule has 0 amide bonds. The smallest absolute Gasteiger partial charge is 0.214 e. The maximum atomic E-state index is 12.5. The summed E-state index contributed by atoms with van der Waals surface area (Å²) in [5.74, 6) is 1.39. The summed E-state index contributed by atoms with van der Waals surface area (Å²) in [4.78, 5) is 2.26. The SMILES string of the molecule is CCN1CCN(S(=O)(=O)CCc2ccc(OC)c(OC)c2)CC1. The van der Waals surface area contributed by atoms with Crippen molar-refractivity contribution < 1.29 is 17.9 Å². The van der Waals surface area contributed by atoms with E-state index in [2.05, 4.69) is 11.8 Å². The first-order valence-electron chi connectivity index (χ1n) is 7.91. The molecule has 1 saturated heterocycles. The second-order valence-corrected chi connectivity index (χ2v) is 7.68. The topological polar surface area (TPSA) is 59.1 Å². The van der Waals surface area contributed by atoms with Crippen LogP contribution >= 0.6 is 0 Å². The zero-order valence-electron chi connectivity index (χ0n) is 14.1. The summed E-state index contributed by atoms with van der Waals surface area (Å²) in [5, 5.41) is 0. The molecule has 0 aromatic heterocycles. The third kappa shape index (κ3) is 4.59. The van der Waals surface area contributed by atoms with Crippen LogP contribution in [0.1, 0.15) is 12.5 Å². The normalized spacial score (nSPS) is 17.2. The van der Waals surface area contributed by atoms with Gasteiger partial charge >= 0.3 is 0 Å². The monoisotopic (exact) mass is 342 g/mol. The number of likely N-dealkylation sites (N-methyl/N-ethyl adjacent to an activating group) is 1. The van der Waals surface area contributed by atoms with Crippen molar-refractivity contribution >= 4 is 10.0 Å². The third-order valence-corrected chi connectivity index (χ3v) is 6.14. The molecule has 1 aliphatic rings. The predicted octanol–water partition coefficient (Wildman–Crippen LogP) is 1.21. The molecule has 0 spiro atoms. The summed E-state index contributed by atoms with van der Waals surface area (Å²) in [6.07, 6.45) is 0.469. The van der Waals surface area contributed by atoms with E-state index in [0.29, 0.717) is 31.0 Å². The second-order valence-electron chi connectivity index (χ2n) is 5.59. The van der Waals surface area contributed by atoms with Crippen molar-refractivity contribution in [3.8, 4) is 11.5 Å². The average Bonchev–Trinajstić information content (AvgIpc) is 2.59. The van der Waals surface area contributed by atoms with E-state index in [1.54, 1.807) is 24.6 Å². The van der Waals surface area contributed by atoms with Crippen LogP contribution in [0.25, 0.3) is 0 Å². The molecule has 1 fully saturated rings. The molecule has 7 heteroatoms. The van der Waals surface area contributed by atoms with E-state index in [4.69, 9.17) is 9.47 Å². The van der Waals surface area contributed by atoms with Gasteiger partial charge in [-0.2, -0.15) is 4.31 Å². The number of piperazine rings is 1. The fraction of sp³-hybridized carbons (Fsp3) is 0.625. The van der Waals surface area contributed by atoms with E-state index in [1.165, 1.54) is 0 Å². The highest BCUT2D eigenvalue weighted by Gasteiger charge is 2.26. The Morgan fingerprint density at radius 1 is 1.04 bits per heavy atom. The quantitative estimate of drug-likeness (QED) is 0.745. The lowest BCUT2D eigenvalue weighted by atomic mass is 10.1. The predicted molar refractivity (Wildman–Crippen MR) is 90.7 cm³/mol. The number of rotatable bonds is 7. The summed E-state index contributed by atoms with van der Waals surface area (Å²) < 4.78 is 37.0. The van der Waals surface area contributed by atoms with E-state index in [-0.39, 0.29) is 5.75 Å². The van der Waals surface area contributed by atoms with Crippen molar-refractivity contribution in [1.29, 1.82) is 0 Å². The van der Waals surface area contributed by atoms with Crippen molar-refractivity contribution in [3.05, 3.63) is 23.8 Å². The lowest BCUT2D eigenvalue weighted by molar-refractivity contribution is 0.196. The van der Waals surface area contributed by atoms with Crippen molar-refractivity contribution in [2.75, 3.05) is 52.7 Å². The lowest BCUT2D eigenvalue weighted by Gasteiger charge is -2.33. The van der Waals surface area contributed by atoms with Crippen LogP contribution in [-0.2, 0) is 16.4 Å². The van der Waals surface area contributed by atoms with Gasteiger partial charge in [0.15, 0.2) is 11.5 Å². The Balaban J connectivity index is 1.97. The van der Waals surface area contributed by atoms with Gasteiger partial charge < -0.3 is 14.4 Å². The number of nitrogens with zero attached hydrogens (tertiary/aromatic N) is 2. The Bertz CT molecular complexity index is 611. The van der Waals surface area contributed by atoms with E-state index in [9.17, 15) is 8.42 Å². The molecule has 2 rings (SSSR count). The molecule has 1 aromatic carbocycles. The van der Waals surface area contributed by atoms with Crippen LogP contribution in [0.4, 0.5) is 0 Å². The molecule has 0 unspecified atom stereocenters. The molecule has 1 aromatic rings. The van der Waals surface area contributed by atoms with E-state index in [1.807, 2.05) is 12.1 Å². The molecule has 0 radical (unpaired) electrons. The van der Waals surface area contributed by atoms with E-state index in [0.717, 1.165) is 25.2 Å². The molecule has 6 nitrogen and oxygen atoms in total. The molecule has 0 bridgehead atoms. The fourth-order valence-electron chi connectivity index (χ4n) is 2.74. The Hall–Kier alpha value is -1.31. The van der Waals surface area contributed by atoms with Crippen LogP contribution < -0.4 is 9.47 Å². The van der Waals surface area contributed by atoms with Gasteiger partial charge in [-0.05, 0) is 30.7 Å². The minimum atomic E-state index is -3.21. The van der Waals surface area contributed by atoms with Crippen molar-refractivity contribution in [2.45, 2.75) is 13.3 Å². The molecular formula is C16H26N2O4S. The van der Waals surface area contributed by atoms with Gasteiger partial charge in [0.25, 0.3) is 0 Å². The summed E-state index contributed by atoms with van der Waals surface area (Å²) in [6, 6.07) is 5.52. The Kier molecular flexibility index (Phi) is 6.26. The molecule has 23 heavy (non-hydrogen) atoms. The molecular weight excluding hydrogens is 316 g/mol. The standard InChI is InChI=1S/C16H26N2O4S/c1-4-17-8-10-18(11-9-17)23(19,20)12-7-14-5-6-15(21-2)16(13-14)22-3/h5-6,13H,4,7-12H2,1-3H3. The van der Waals surface area contributed by atoms with Crippen LogP contribution in [0.5, 0.6) is 11.5 Å². The molecule has 1 heterocycles. The maximum Gasteiger partial charge on any atom is 0.214 e. The van der Waals surface area contributed by atoms with Crippen molar-refractivity contribution in [3.63, 3.8) is 0 Å². The zero-order valence-corrected chi connectivity index (χ0v) is 14.9. The van der Waals surface area contributed by atoms with Crippen LogP contribution in [0.15, 0.2) is 18.2 Å². The van der Waals surface area contributed by atoms with Crippen LogP contribution in [0, 0.1) is 0 Å². The van der Waals surface area contributed by atoms with Gasteiger partial charge in [0.05, 0.1) is 20.0 Å². The first-order chi connectivity index (χ1) is 11.0. The number of benzene rings is 1. The number of hydrogen-bond donors (Lipinski definition) is 0. The number of methoxy groups -OCH3 is 2. The third-order valence-electron chi connectivity index (χ3n) is 4.27. The summed E-state index contributed by atoms with van der Waals surface area (Å²) >= 11 is 0. The van der Waals surface area contributed by atoms with Crippen LogP contribution in [0.3, 0.4) is 0 Å². The van der Waals surface area contributed by atoms with Gasteiger partial charge in [0.2, 0.25) is 10.0 Å². The van der Waals surface area contributed by atoms with Gasteiger partial charge in [-0.25, -0.2) is 8.42 Å². The minimum absolute atomic E-state index is 0.120. The summed E-state index contributed by atoms with van der Waals surface area (Å²) in [6.45, 7) is 5.86. The number of sulfonamides is 1. The van der Waals surface area contributed by atoms with Crippen molar-refractivity contribution in [1.82, 2.24) is 9.21 Å². The number of aryl methyl sites for hydroxylation is 1. The van der Waals surface area contributed by atoms with E-state index >= 15 is 0 Å². The zero-order chi connectivity index (χ0) is 16.9. The maximum absolute atomic E-state index is 12.5. The largest absolute Gasteiger partial charge is 0.493 e. The first kappa shape index (κ1) is 18.0. The van der Waals surface area contributed by atoms with Gasteiger partial charge in [-0.15, -0.1) is 0 Å². The molecule has 130 valence electrons. The lowest BCUT2D eigenvalue weighted by Crippen LogP contribution is -2.49. The highest BCUT2D eigenvalue weighted by atomic mass is 32.2. The minimum Gasteiger partial charge on any atom is -0.493 e. The molecule has 0 atom stereocenters. The Morgan fingerprint density at radius 3 is 2.26 bits per heavy atom. The van der Waals surface area contributed by atoms with Gasteiger partial charge in [0.1, 0.15) is 0 Å². The summed E-state index contributed by atoms with van der Waals surface area (Å²) in [5.41, 5.74) is 0.929. The van der Waals surface area contributed by atoms with Crippen LogP contribution in [0.2, 0.25) is 0 Å². The highest BCUT2D eigenvalue weighted by Crippen LogP contribution is 2.27. The van der Waals surface area contributed by atoms with E-state index < -0.39 is 10.0 Å². The molecule has 0 aliphatic carbocycles. The summed E-state index contributed by atoms with van der Waals surface area (Å²) in [7, 11) is -0.0576. The molecule has 0 N–H and O–H groups in total. The van der Waals surface area contributed by atoms with Gasteiger partial charge in [-0.1, -0.05) is 13.0 Å². The molecule has 1 aliphatic heterocycles. The number of hydrogen-bond acceptors (Lipinski definition) is 5. The van der Waals surface area contributed by atoms with Crippen molar-refractivity contribution in [2.24, 2.45) is 0 Å². The Labute approximate surface area is 139 Å². The fourth-order valence-corrected chi connectivity index (χ4v) is 4.21. The molecule has 0 saturated carbocycles.